The molecule has 2 rings (SSSR count). The quantitative estimate of drug-likeness (QED) is 0.821. The minimum absolute atomic E-state index is 0.145. The van der Waals surface area contributed by atoms with Gasteiger partial charge in [-0.25, -0.2) is 18.4 Å². The number of sulfonamides is 1. The van der Waals surface area contributed by atoms with Gasteiger partial charge < -0.3 is 10.1 Å². The monoisotopic (exact) mass is 342 g/mol. The third-order valence-electron chi connectivity index (χ3n) is 3.52. The lowest BCUT2D eigenvalue weighted by molar-refractivity contribution is -0.119. The number of ether oxygens (including phenoxy) is 1. The van der Waals surface area contributed by atoms with Gasteiger partial charge in [-0.1, -0.05) is 0 Å². The number of hydrogen-bond donors (Lipinski definition) is 1. The van der Waals surface area contributed by atoms with Gasteiger partial charge >= 0.3 is 0 Å². The molecule has 2 heterocycles. The Morgan fingerprint density at radius 3 is 2.91 bits per heavy atom. The summed E-state index contributed by atoms with van der Waals surface area (Å²) in [5.74, 6) is 0.282. The van der Waals surface area contributed by atoms with Gasteiger partial charge in [0.15, 0.2) is 5.82 Å². The predicted molar refractivity (Wildman–Crippen MR) is 83.9 cm³/mol. The largest absolute Gasteiger partial charge is 0.367 e. The van der Waals surface area contributed by atoms with Crippen LogP contribution in [0.3, 0.4) is 0 Å². The summed E-state index contributed by atoms with van der Waals surface area (Å²) in [5, 5.41) is 2.19. The van der Waals surface area contributed by atoms with Crippen LogP contribution in [0, 0.1) is 0 Å². The maximum absolute atomic E-state index is 12.3. The first-order valence-electron chi connectivity index (χ1n) is 7.47. The van der Waals surface area contributed by atoms with Crippen molar-refractivity contribution in [2.45, 2.75) is 38.7 Å². The first kappa shape index (κ1) is 17.8. The smallest absolute Gasteiger partial charge is 0.217 e. The molecule has 1 aromatic heterocycles. The van der Waals surface area contributed by atoms with Crippen LogP contribution < -0.4 is 5.32 Å². The molecule has 1 N–H and O–H groups in total. The summed E-state index contributed by atoms with van der Waals surface area (Å²) in [7, 11) is -3.33. The highest BCUT2D eigenvalue weighted by Crippen LogP contribution is 2.22. The maximum Gasteiger partial charge on any atom is 0.217 e. The zero-order chi connectivity index (χ0) is 17.0. The van der Waals surface area contributed by atoms with E-state index in [9.17, 15) is 13.2 Å². The molecule has 0 saturated carbocycles. The molecule has 0 aromatic carbocycles. The van der Waals surface area contributed by atoms with Gasteiger partial charge in [-0.15, -0.1) is 0 Å². The lowest BCUT2D eigenvalue weighted by Crippen LogP contribution is -2.45. The third-order valence-corrected chi connectivity index (χ3v) is 5.77. The minimum atomic E-state index is -3.33. The molecule has 0 unspecified atom stereocenters. The average molecular weight is 342 g/mol. The van der Waals surface area contributed by atoms with Crippen LogP contribution in [-0.4, -0.2) is 53.5 Å². The Hall–Kier alpha value is -1.58. The Morgan fingerprint density at radius 1 is 1.52 bits per heavy atom. The highest BCUT2D eigenvalue weighted by Gasteiger charge is 2.33. The van der Waals surface area contributed by atoms with Crippen molar-refractivity contribution < 1.29 is 17.9 Å². The van der Waals surface area contributed by atoms with Gasteiger partial charge in [0.05, 0.1) is 24.1 Å². The standard InChI is InChI=1S/C14H22N4O4S/c1-10(2)23(20,21)18-6-7-22-13(9-18)14-15-5-4-12(17-14)8-16-11(3)19/h4-5,10,13H,6-9H2,1-3H3,(H,16,19)/t13-/m1/s1. The number of carbonyl (C=O) groups excluding carboxylic acids is 1. The number of nitrogens with zero attached hydrogens (tertiary/aromatic N) is 3. The molecule has 1 aliphatic heterocycles. The number of nitrogens with one attached hydrogen (secondary N) is 1. The lowest BCUT2D eigenvalue weighted by Gasteiger charge is -2.32. The van der Waals surface area contributed by atoms with E-state index in [0.29, 0.717) is 31.2 Å². The van der Waals surface area contributed by atoms with E-state index < -0.39 is 21.4 Å². The molecule has 8 nitrogen and oxygen atoms in total. The van der Waals surface area contributed by atoms with Crippen molar-refractivity contribution in [3.8, 4) is 0 Å². The van der Waals surface area contributed by atoms with Crippen molar-refractivity contribution in [3.05, 3.63) is 23.8 Å². The van der Waals surface area contributed by atoms with Gasteiger partial charge in [0, 0.05) is 26.2 Å². The van der Waals surface area contributed by atoms with Crippen molar-refractivity contribution in [3.63, 3.8) is 0 Å². The van der Waals surface area contributed by atoms with Crippen LogP contribution in [0.25, 0.3) is 0 Å². The fourth-order valence-corrected chi connectivity index (χ4v) is 3.46. The van der Waals surface area contributed by atoms with E-state index in [-0.39, 0.29) is 12.5 Å². The van der Waals surface area contributed by atoms with Crippen LogP contribution in [0.4, 0.5) is 0 Å². The highest BCUT2D eigenvalue weighted by atomic mass is 32.2. The van der Waals surface area contributed by atoms with E-state index in [1.54, 1.807) is 26.1 Å². The Balaban J connectivity index is 2.12. The molecule has 128 valence electrons. The van der Waals surface area contributed by atoms with Crippen molar-refractivity contribution in [1.29, 1.82) is 0 Å². The molecule has 1 aromatic rings. The lowest BCUT2D eigenvalue weighted by atomic mass is 10.2. The Bertz CT molecular complexity index is 662. The molecule has 1 aliphatic rings. The van der Waals surface area contributed by atoms with E-state index in [1.165, 1.54) is 11.2 Å². The zero-order valence-corrected chi connectivity index (χ0v) is 14.3. The van der Waals surface area contributed by atoms with E-state index in [2.05, 4.69) is 15.3 Å². The molecule has 1 atom stereocenters. The number of morpholine rings is 1. The number of hydrogen-bond acceptors (Lipinski definition) is 6. The molecule has 0 bridgehead atoms. The summed E-state index contributed by atoms with van der Waals surface area (Å²) in [4.78, 5) is 19.5. The molecule has 23 heavy (non-hydrogen) atoms. The molecule has 0 spiro atoms. The Morgan fingerprint density at radius 2 is 2.26 bits per heavy atom. The van der Waals surface area contributed by atoms with Crippen LogP contribution in [0.1, 0.15) is 38.4 Å². The van der Waals surface area contributed by atoms with Crippen LogP contribution in [0.15, 0.2) is 12.3 Å². The summed E-state index contributed by atoms with van der Waals surface area (Å²) < 4.78 is 31.6. The first-order chi connectivity index (χ1) is 10.8. The molecule has 1 fully saturated rings. The number of carbonyl (C=O) groups is 1. The Kier molecular flexibility index (Phi) is 5.66. The number of aromatic nitrogens is 2. The summed E-state index contributed by atoms with van der Waals surface area (Å²) in [5.41, 5.74) is 0.651. The molecule has 0 aliphatic carbocycles. The predicted octanol–water partition coefficient (Wildman–Crippen LogP) is 0.224. The van der Waals surface area contributed by atoms with Gasteiger partial charge in [0.1, 0.15) is 6.10 Å². The zero-order valence-electron chi connectivity index (χ0n) is 13.5. The molecule has 9 heteroatoms. The van der Waals surface area contributed by atoms with Crippen molar-refractivity contribution in [2.24, 2.45) is 0 Å². The fourth-order valence-electron chi connectivity index (χ4n) is 2.19. The Labute approximate surface area is 136 Å². The molecule has 1 saturated heterocycles. The average Bonchev–Trinajstić information content (AvgIpc) is 2.53. The first-order valence-corrected chi connectivity index (χ1v) is 8.98. The summed E-state index contributed by atoms with van der Waals surface area (Å²) in [6.45, 7) is 5.88. The van der Waals surface area contributed by atoms with E-state index >= 15 is 0 Å². The van der Waals surface area contributed by atoms with Crippen molar-refractivity contribution in [2.75, 3.05) is 19.7 Å². The van der Waals surface area contributed by atoms with Gasteiger partial charge in [-0.2, -0.15) is 4.31 Å². The van der Waals surface area contributed by atoms with Crippen LogP contribution >= 0.6 is 0 Å². The minimum Gasteiger partial charge on any atom is -0.367 e. The fraction of sp³-hybridized carbons (Fsp3) is 0.643. The second-order valence-electron chi connectivity index (χ2n) is 5.63. The highest BCUT2D eigenvalue weighted by molar-refractivity contribution is 7.89. The van der Waals surface area contributed by atoms with E-state index in [1.807, 2.05) is 0 Å². The molecule has 0 radical (unpaired) electrons. The van der Waals surface area contributed by atoms with Crippen LogP contribution in [0.2, 0.25) is 0 Å². The van der Waals surface area contributed by atoms with Gasteiger partial charge in [-0.05, 0) is 19.9 Å². The van der Waals surface area contributed by atoms with E-state index in [0.717, 1.165) is 0 Å². The van der Waals surface area contributed by atoms with Crippen LogP contribution in [-0.2, 0) is 26.1 Å². The molecular formula is C14H22N4O4S. The third kappa shape index (κ3) is 4.46. The summed E-state index contributed by atoms with van der Waals surface area (Å²) in [6, 6.07) is 1.70. The van der Waals surface area contributed by atoms with E-state index in [4.69, 9.17) is 4.74 Å². The van der Waals surface area contributed by atoms with Crippen molar-refractivity contribution >= 4 is 15.9 Å². The summed E-state index contributed by atoms with van der Waals surface area (Å²) >= 11 is 0. The van der Waals surface area contributed by atoms with Gasteiger partial charge in [0.25, 0.3) is 0 Å². The van der Waals surface area contributed by atoms with Crippen LogP contribution in [0.5, 0.6) is 0 Å². The summed E-state index contributed by atoms with van der Waals surface area (Å²) in [6.07, 6.45) is 1.08. The SMILES string of the molecule is CC(=O)NCc1ccnc([C@H]2CN(S(=O)(=O)C(C)C)CCO2)n1. The van der Waals surface area contributed by atoms with Gasteiger partial charge in [0.2, 0.25) is 15.9 Å². The number of rotatable bonds is 5. The van der Waals surface area contributed by atoms with Gasteiger partial charge in [-0.3, -0.25) is 4.79 Å². The topological polar surface area (TPSA) is 101 Å². The molecule has 1 amide bonds. The number of amides is 1. The van der Waals surface area contributed by atoms with Crippen molar-refractivity contribution in [1.82, 2.24) is 19.6 Å². The normalized spacial score (nSPS) is 19.7. The molecular weight excluding hydrogens is 320 g/mol. The second kappa shape index (κ2) is 7.33. The second-order valence-corrected chi connectivity index (χ2v) is 8.12. The maximum atomic E-state index is 12.3.